The maximum Gasteiger partial charge on any atom is 0.150 e. The van der Waals surface area contributed by atoms with Crippen molar-refractivity contribution in [2.75, 3.05) is 18.1 Å². The van der Waals surface area contributed by atoms with Crippen LogP contribution in [0.4, 0.5) is 0 Å². The molecule has 2 aliphatic heterocycles. The second-order valence-corrected chi connectivity index (χ2v) is 6.97. The van der Waals surface area contributed by atoms with Crippen molar-refractivity contribution >= 4 is 9.84 Å². The third-order valence-corrected chi connectivity index (χ3v) is 5.41. The summed E-state index contributed by atoms with van der Waals surface area (Å²) >= 11 is 0. The van der Waals surface area contributed by atoms with Crippen LogP contribution >= 0.6 is 0 Å². The van der Waals surface area contributed by atoms with Gasteiger partial charge < -0.3 is 9.73 Å². The summed E-state index contributed by atoms with van der Waals surface area (Å²) in [6.07, 6.45) is 3.95. The molecule has 0 saturated carbocycles. The SMILES string of the molecule is O=S1(=O)CCC2(CC1)NCCc1occc12. The highest BCUT2D eigenvalue weighted by atomic mass is 32.2. The van der Waals surface area contributed by atoms with Gasteiger partial charge in [0.05, 0.1) is 17.8 Å². The van der Waals surface area contributed by atoms with Gasteiger partial charge in [0.2, 0.25) is 0 Å². The Morgan fingerprint density at radius 1 is 1.31 bits per heavy atom. The number of hydrogen-bond acceptors (Lipinski definition) is 4. The quantitative estimate of drug-likeness (QED) is 0.731. The summed E-state index contributed by atoms with van der Waals surface area (Å²) in [5.74, 6) is 1.59. The van der Waals surface area contributed by atoms with E-state index in [9.17, 15) is 8.42 Å². The Balaban J connectivity index is 1.97. The van der Waals surface area contributed by atoms with Crippen molar-refractivity contribution in [3.63, 3.8) is 0 Å². The first kappa shape index (κ1) is 10.4. The molecule has 0 aliphatic carbocycles. The molecule has 1 N–H and O–H groups in total. The molecule has 1 fully saturated rings. The van der Waals surface area contributed by atoms with Gasteiger partial charge >= 0.3 is 0 Å². The standard InChI is InChI=1S/C11H15NO3S/c13-16(14)7-3-11(4-8-16)9-2-6-15-10(9)1-5-12-11/h2,6,12H,1,3-5,7-8H2. The summed E-state index contributed by atoms with van der Waals surface area (Å²) < 4.78 is 28.4. The Kier molecular flexibility index (Phi) is 2.16. The van der Waals surface area contributed by atoms with Crippen molar-refractivity contribution in [3.05, 3.63) is 23.7 Å². The molecule has 4 nitrogen and oxygen atoms in total. The molecule has 0 unspecified atom stereocenters. The number of nitrogens with one attached hydrogen (secondary N) is 1. The van der Waals surface area contributed by atoms with Gasteiger partial charge in [-0.25, -0.2) is 8.42 Å². The highest BCUT2D eigenvalue weighted by molar-refractivity contribution is 7.91. The lowest BCUT2D eigenvalue weighted by Gasteiger charge is -2.40. The minimum absolute atomic E-state index is 0.147. The van der Waals surface area contributed by atoms with E-state index < -0.39 is 9.84 Å². The van der Waals surface area contributed by atoms with E-state index in [0.29, 0.717) is 12.8 Å². The van der Waals surface area contributed by atoms with Gasteiger partial charge in [-0.05, 0) is 18.9 Å². The van der Waals surface area contributed by atoms with E-state index in [2.05, 4.69) is 5.32 Å². The molecule has 1 aromatic heterocycles. The normalized spacial score (nSPS) is 26.5. The van der Waals surface area contributed by atoms with Gasteiger partial charge in [0.15, 0.2) is 0 Å². The van der Waals surface area contributed by atoms with Crippen LogP contribution in [0.3, 0.4) is 0 Å². The first-order chi connectivity index (χ1) is 7.61. The maximum absolute atomic E-state index is 11.5. The predicted molar refractivity (Wildman–Crippen MR) is 60.0 cm³/mol. The number of rotatable bonds is 0. The zero-order chi connectivity index (χ0) is 11.2. The van der Waals surface area contributed by atoms with Gasteiger partial charge in [-0.3, -0.25) is 0 Å². The van der Waals surface area contributed by atoms with Crippen LogP contribution in [0.25, 0.3) is 0 Å². The Hall–Kier alpha value is -0.810. The molecule has 2 aliphatic rings. The molecule has 0 radical (unpaired) electrons. The summed E-state index contributed by atoms with van der Waals surface area (Å²) in [6, 6.07) is 1.99. The van der Waals surface area contributed by atoms with Gasteiger partial charge in [0.25, 0.3) is 0 Å². The molecule has 5 heteroatoms. The summed E-state index contributed by atoms with van der Waals surface area (Å²) in [6.45, 7) is 0.876. The van der Waals surface area contributed by atoms with Crippen LogP contribution < -0.4 is 5.32 Å². The van der Waals surface area contributed by atoms with E-state index in [1.54, 1.807) is 6.26 Å². The molecule has 0 atom stereocenters. The van der Waals surface area contributed by atoms with Crippen molar-refractivity contribution in [3.8, 4) is 0 Å². The van der Waals surface area contributed by atoms with E-state index in [1.807, 2.05) is 6.07 Å². The van der Waals surface area contributed by atoms with Crippen molar-refractivity contribution in [1.82, 2.24) is 5.32 Å². The zero-order valence-electron chi connectivity index (χ0n) is 9.03. The van der Waals surface area contributed by atoms with Gasteiger partial charge in [-0.15, -0.1) is 0 Å². The van der Waals surface area contributed by atoms with Crippen LogP contribution in [0.5, 0.6) is 0 Å². The third-order valence-electron chi connectivity index (χ3n) is 3.76. The Bertz CT molecular complexity index is 489. The Morgan fingerprint density at radius 3 is 2.81 bits per heavy atom. The van der Waals surface area contributed by atoms with Crippen molar-refractivity contribution < 1.29 is 12.8 Å². The fourth-order valence-electron chi connectivity index (χ4n) is 2.80. The third kappa shape index (κ3) is 1.50. The Morgan fingerprint density at radius 2 is 2.06 bits per heavy atom. The molecule has 0 aromatic carbocycles. The van der Waals surface area contributed by atoms with Crippen LogP contribution in [0, 0.1) is 0 Å². The topological polar surface area (TPSA) is 59.3 Å². The summed E-state index contributed by atoms with van der Waals surface area (Å²) in [5, 5.41) is 3.49. The number of furan rings is 1. The lowest BCUT2D eigenvalue weighted by atomic mass is 9.81. The molecule has 1 saturated heterocycles. The minimum atomic E-state index is -2.81. The van der Waals surface area contributed by atoms with Crippen LogP contribution in [0.15, 0.2) is 16.7 Å². The zero-order valence-corrected chi connectivity index (χ0v) is 9.85. The largest absolute Gasteiger partial charge is 0.469 e. The fourth-order valence-corrected chi connectivity index (χ4v) is 4.33. The Labute approximate surface area is 94.9 Å². The van der Waals surface area contributed by atoms with E-state index in [4.69, 9.17) is 4.42 Å². The molecule has 1 spiro atoms. The monoisotopic (exact) mass is 241 g/mol. The van der Waals surface area contributed by atoms with Crippen molar-refractivity contribution in [2.24, 2.45) is 0 Å². The molecule has 3 rings (SSSR count). The summed E-state index contributed by atoms with van der Waals surface area (Å²) in [7, 11) is -2.81. The van der Waals surface area contributed by atoms with E-state index in [0.717, 1.165) is 18.7 Å². The van der Waals surface area contributed by atoms with Gasteiger partial charge in [0.1, 0.15) is 15.6 Å². The second kappa shape index (κ2) is 3.34. The smallest absolute Gasteiger partial charge is 0.150 e. The highest BCUT2D eigenvalue weighted by Crippen LogP contribution is 2.38. The molecule has 16 heavy (non-hydrogen) atoms. The van der Waals surface area contributed by atoms with Crippen LogP contribution in [0.1, 0.15) is 24.2 Å². The lowest BCUT2D eigenvalue weighted by Crippen LogP contribution is -2.51. The molecule has 0 bridgehead atoms. The fraction of sp³-hybridized carbons (Fsp3) is 0.636. The van der Waals surface area contributed by atoms with Crippen LogP contribution in [-0.4, -0.2) is 26.5 Å². The number of hydrogen-bond donors (Lipinski definition) is 1. The highest BCUT2D eigenvalue weighted by Gasteiger charge is 2.42. The minimum Gasteiger partial charge on any atom is -0.469 e. The van der Waals surface area contributed by atoms with E-state index in [-0.39, 0.29) is 17.0 Å². The average molecular weight is 241 g/mol. The predicted octanol–water partition coefficient (Wildman–Crippen LogP) is 0.829. The van der Waals surface area contributed by atoms with E-state index >= 15 is 0 Å². The van der Waals surface area contributed by atoms with Gasteiger partial charge in [-0.1, -0.05) is 0 Å². The van der Waals surface area contributed by atoms with E-state index in [1.165, 1.54) is 5.56 Å². The molecule has 3 heterocycles. The number of fused-ring (bicyclic) bond motifs is 2. The molecule has 88 valence electrons. The molecular formula is C11H15NO3S. The molecular weight excluding hydrogens is 226 g/mol. The average Bonchev–Trinajstić information content (AvgIpc) is 2.72. The first-order valence-corrected chi connectivity index (χ1v) is 7.46. The first-order valence-electron chi connectivity index (χ1n) is 5.64. The van der Waals surface area contributed by atoms with Gasteiger partial charge in [0, 0.05) is 24.1 Å². The van der Waals surface area contributed by atoms with Crippen molar-refractivity contribution in [2.45, 2.75) is 24.8 Å². The second-order valence-electron chi connectivity index (χ2n) is 4.67. The van der Waals surface area contributed by atoms with Crippen molar-refractivity contribution in [1.29, 1.82) is 0 Å². The molecule has 1 aromatic rings. The number of sulfone groups is 1. The van der Waals surface area contributed by atoms with Gasteiger partial charge in [-0.2, -0.15) is 0 Å². The summed E-state index contributed by atoms with van der Waals surface area (Å²) in [4.78, 5) is 0. The summed E-state index contributed by atoms with van der Waals surface area (Å²) in [5.41, 5.74) is 1.03. The van der Waals surface area contributed by atoms with Crippen LogP contribution in [0.2, 0.25) is 0 Å². The maximum atomic E-state index is 11.5. The lowest BCUT2D eigenvalue weighted by molar-refractivity contribution is 0.272. The van der Waals surface area contributed by atoms with Crippen LogP contribution in [-0.2, 0) is 21.8 Å². The molecule has 0 amide bonds.